The third-order valence-corrected chi connectivity index (χ3v) is 6.44. The summed E-state index contributed by atoms with van der Waals surface area (Å²) in [7, 11) is 1.84. The molecule has 0 spiro atoms. The SMILES string of the molecule is CCCCC1COc2cccc3c2N1C=C/C3=C\C(=O)N(C)c1cccc2ccccc12. The third-order valence-electron chi connectivity index (χ3n) is 6.44. The van der Waals surface area contributed by atoms with Gasteiger partial charge in [0, 0.05) is 30.3 Å². The topological polar surface area (TPSA) is 32.8 Å². The highest BCUT2D eigenvalue weighted by atomic mass is 16.5. The van der Waals surface area contributed by atoms with E-state index in [1.807, 2.05) is 43.4 Å². The zero-order valence-corrected chi connectivity index (χ0v) is 18.6. The molecule has 2 aliphatic rings. The van der Waals surface area contributed by atoms with Crippen molar-refractivity contribution in [3.8, 4) is 5.75 Å². The molecule has 2 heterocycles. The van der Waals surface area contributed by atoms with Crippen LogP contribution < -0.4 is 14.5 Å². The van der Waals surface area contributed by atoms with Gasteiger partial charge in [0.25, 0.3) is 5.91 Å². The predicted molar refractivity (Wildman–Crippen MR) is 132 cm³/mol. The van der Waals surface area contributed by atoms with Gasteiger partial charge in [-0.1, -0.05) is 68.3 Å². The number of hydrogen-bond acceptors (Lipinski definition) is 3. The maximum absolute atomic E-state index is 13.3. The molecular weight excluding hydrogens is 396 g/mol. The van der Waals surface area contributed by atoms with E-state index in [2.05, 4.69) is 48.4 Å². The lowest BCUT2D eigenvalue weighted by atomic mass is 9.95. The Bertz CT molecular complexity index is 1220. The summed E-state index contributed by atoms with van der Waals surface area (Å²) < 4.78 is 6.10. The van der Waals surface area contributed by atoms with Gasteiger partial charge >= 0.3 is 0 Å². The highest BCUT2D eigenvalue weighted by molar-refractivity contribution is 6.11. The molecule has 0 bridgehead atoms. The Balaban J connectivity index is 1.49. The second-order valence-corrected chi connectivity index (χ2v) is 8.48. The smallest absolute Gasteiger partial charge is 0.251 e. The van der Waals surface area contributed by atoms with E-state index < -0.39 is 0 Å². The number of allylic oxidation sites excluding steroid dienone is 2. The van der Waals surface area contributed by atoms with Gasteiger partial charge in [-0.05, 0) is 35.6 Å². The molecule has 32 heavy (non-hydrogen) atoms. The van der Waals surface area contributed by atoms with Crippen LogP contribution in [0.5, 0.6) is 5.75 Å². The normalized spacial score (nSPS) is 17.9. The Labute approximate surface area is 189 Å². The summed E-state index contributed by atoms with van der Waals surface area (Å²) in [4.78, 5) is 17.4. The lowest BCUT2D eigenvalue weighted by molar-refractivity contribution is -0.113. The fourth-order valence-corrected chi connectivity index (χ4v) is 4.67. The van der Waals surface area contributed by atoms with E-state index in [9.17, 15) is 4.79 Å². The van der Waals surface area contributed by atoms with Crippen LogP contribution in [0.3, 0.4) is 0 Å². The largest absolute Gasteiger partial charge is 0.489 e. The summed E-state index contributed by atoms with van der Waals surface area (Å²) in [5.41, 5.74) is 3.94. The Hall–Kier alpha value is -3.53. The standard InChI is InChI=1S/C28H28N2O2/c1-3-4-11-22-19-32-26-15-8-13-24-21(16-17-30(22)28(24)26)18-27(31)29(2)25-14-7-10-20-9-5-6-12-23(20)25/h5-10,12-18,22H,3-4,11,19H2,1-2H3/b21-18+. The molecule has 0 aliphatic carbocycles. The molecule has 1 unspecified atom stereocenters. The van der Waals surface area contributed by atoms with Crippen LogP contribution in [0.2, 0.25) is 0 Å². The summed E-state index contributed by atoms with van der Waals surface area (Å²) in [6.07, 6.45) is 9.35. The van der Waals surface area contributed by atoms with Crippen molar-refractivity contribution in [2.45, 2.75) is 32.2 Å². The monoisotopic (exact) mass is 424 g/mol. The molecule has 3 aromatic rings. The molecule has 0 saturated carbocycles. The van der Waals surface area contributed by atoms with E-state index in [0.29, 0.717) is 12.6 Å². The van der Waals surface area contributed by atoms with Crippen molar-refractivity contribution >= 4 is 33.6 Å². The van der Waals surface area contributed by atoms with E-state index >= 15 is 0 Å². The number of rotatable bonds is 5. The molecule has 162 valence electrons. The summed E-state index contributed by atoms with van der Waals surface area (Å²) >= 11 is 0. The van der Waals surface area contributed by atoms with E-state index in [4.69, 9.17) is 4.74 Å². The maximum atomic E-state index is 13.3. The minimum atomic E-state index is -0.0497. The van der Waals surface area contributed by atoms with Crippen molar-refractivity contribution in [1.82, 2.24) is 0 Å². The number of ether oxygens (including phenoxy) is 1. The first kappa shape index (κ1) is 20.4. The highest BCUT2D eigenvalue weighted by Gasteiger charge is 2.31. The Morgan fingerprint density at radius 2 is 1.94 bits per heavy atom. The van der Waals surface area contributed by atoms with Crippen LogP contribution in [0.4, 0.5) is 11.4 Å². The van der Waals surface area contributed by atoms with E-state index in [1.165, 1.54) is 12.8 Å². The summed E-state index contributed by atoms with van der Waals surface area (Å²) in [6, 6.07) is 20.6. The lowest BCUT2D eigenvalue weighted by Gasteiger charge is -2.40. The van der Waals surface area contributed by atoms with Crippen molar-refractivity contribution in [3.05, 3.63) is 84.6 Å². The molecule has 4 heteroatoms. The quantitative estimate of drug-likeness (QED) is 0.459. The molecule has 0 aromatic heterocycles. The second kappa shape index (κ2) is 8.54. The molecular formula is C28H28N2O2. The number of fused-ring (bicyclic) bond motifs is 1. The van der Waals surface area contributed by atoms with Crippen molar-refractivity contribution in [1.29, 1.82) is 0 Å². The Morgan fingerprint density at radius 1 is 1.12 bits per heavy atom. The molecule has 1 atom stereocenters. The van der Waals surface area contributed by atoms with Crippen LogP contribution in [0.25, 0.3) is 16.3 Å². The van der Waals surface area contributed by atoms with Crippen molar-refractivity contribution in [3.63, 3.8) is 0 Å². The number of para-hydroxylation sites is 1. The number of benzene rings is 3. The molecule has 0 N–H and O–H groups in total. The van der Waals surface area contributed by atoms with Gasteiger partial charge in [0.05, 0.1) is 17.4 Å². The second-order valence-electron chi connectivity index (χ2n) is 8.48. The van der Waals surface area contributed by atoms with Crippen LogP contribution in [-0.2, 0) is 4.79 Å². The van der Waals surface area contributed by atoms with Gasteiger partial charge in [-0.3, -0.25) is 4.79 Å². The first-order valence-corrected chi connectivity index (χ1v) is 11.4. The number of nitrogens with zero attached hydrogens (tertiary/aromatic N) is 2. The number of likely N-dealkylation sites (N-methyl/N-ethyl adjacent to an activating group) is 1. The van der Waals surface area contributed by atoms with Crippen molar-refractivity contribution in [2.24, 2.45) is 0 Å². The maximum Gasteiger partial charge on any atom is 0.251 e. The summed E-state index contributed by atoms with van der Waals surface area (Å²) in [5.74, 6) is 0.840. The fourth-order valence-electron chi connectivity index (χ4n) is 4.67. The molecule has 0 saturated heterocycles. The van der Waals surface area contributed by atoms with E-state index in [-0.39, 0.29) is 5.91 Å². The number of amides is 1. The summed E-state index contributed by atoms with van der Waals surface area (Å²) in [6.45, 7) is 2.91. The van der Waals surface area contributed by atoms with Crippen LogP contribution >= 0.6 is 0 Å². The molecule has 3 aromatic carbocycles. The number of carbonyl (C=O) groups excluding carboxylic acids is 1. The number of hydrogen-bond donors (Lipinski definition) is 0. The van der Waals surface area contributed by atoms with Crippen LogP contribution in [0, 0.1) is 0 Å². The van der Waals surface area contributed by atoms with E-state index in [0.717, 1.165) is 45.5 Å². The molecule has 0 radical (unpaired) electrons. The zero-order chi connectivity index (χ0) is 22.1. The Kier molecular flexibility index (Phi) is 5.44. The third kappa shape index (κ3) is 3.56. The van der Waals surface area contributed by atoms with Crippen molar-refractivity contribution in [2.75, 3.05) is 23.5 Å². The molecule has 5 rings (SSSR count). The van der Waals surface area contributed by atoms with Gasteiger partial charge in [0.2, 0.25) is 0 Å². The number of unbranched alkanes of at least 4 members (excludes halogenated alkanes) is 1. The predicted octanol–water partition coefficient (Wildman–Crippen LogP) is 6.17. The molecule has 1 amide bonds. The lowest BCUT2D eigenvalue weighted by Crippen LogP contribution is -2.41. The van der Waals surface area contributed by atoms with Gasteiger partial charge in [0.1, 0.15) is 12.4 Å². The molecule has 2 aliphatic heterocycles. The average molecular weight is 425 g/mol. The minimum Gasteiger partial charge on any atom is -0.489 e. The van der Waals surface area contributed by atoms with Crippen molar-refractivity contribution < 1.29 is 9.53 Å². The zero-order valence-electron chi connectivity index (χ0n) is 18.6. The van der Waals surface area contributed by atoms with Crippen LogP contribution in [0.15, 0.2) is 79.0 Å². The first-order chi connectivity index (χ1) is 15.7. The minimum absolute atomic E-state index is 0.0497. The molecule has 0 fully saturated rings. The summed E-state index contributed by atoms with van der Waals surface area (Å²) in [5, 5.41) is 2.19. The average Bonchev–Trinajstić information content (AvgIpc) is 2.84. The number of carbonyl (C=O) groups is 1. The van der Waals surface area contributed by atoms with Gasteiger partial charge in [-0.15, -0.1) is 0 Å². The van der Waals surface area contributed by atoms with Gasteiger partial charge in [-0.25, -0.2) is 0 Å². The highest BCUT2D eigenvalue weighted by Crippen LogP contribution is 2.44. The number of anilines is 2. The van der Waals surface area contributed by atoms with Gasteiger partial charge in [0.15, 0.2) is 0 Å². The van der Waals surface area contributed by atoms with Gasteiger partial charge in [-0.2, -0.15) is 0 Å². The van der Waals surface area contributed by atoms with Gasteiger partial charge < -0.3 is 14.5 Å². The van der Waals surface area contributed by atoms with E-state index in [1.54, 1.807) is 11.0 Å². The van der Waals surface area contributed by atoms with Crippen LogP contribution in [0.1, 0.15) is 31.7 Å². The Morgan fingerprint density at radius 3 is 2.81 bits per heavy atom. The molecule has 4 nitrogen and oxygen atoms in total. The fraction of sp³-hybridized carbons (Fsp3) is 0.250. The van der Waals surface area contributed by atoms with Crippen LogP contribution in [-0.4, -0.2) is 25.6 Å². The first-order valence-electron chi connectivity index (χ1n) is 11.4.